The summed E-state index contributed by atoms with van der Waals surface area (Å²) in [5.74, 6) is 0.522. The van der Waals surface area contributed by atoms with Gasteiger partial charge in [0, 0.05) is 6.20 Å². The minimum atomic E-state index is -0.114. The van der Waals surface area contributed by atoms with Crippen LogP contribution < -0.4 is 4.57 Å². The van der Waals surface area contributed by atoms with Gasteiger partial charge in [-0.25, -0.2) is 0 Å². The molecule has 0 spiro atoms. The normalized spacial score (nSPS) is 12.8. The summed E-state index contributed by atoms with van der Waals surface area (Å²) in [4.78, 5) is 4.22. The van der Waals surface area contributed by atoms with Crippen molar-refractivity contribution in [2.75, 3.05) is 0 Å². The molecule has 3 heterocycles. The Morgan fingerprint density at radius 1 is 0.795 bits per heavy atom. The average molecular weight is 748 g/mol. The van der Waals surface area contributed by atoms with Crippen molar-refractivity contribution in [1.29, 1.82) is 0 Å². The number of para-hydroxylation sites is 1. The number of rotatable bonds is 3. The molecular weight excluding hydrogens is 715 g/mol. The van der Waals surface area contributed by atoms with Crippen molar-refractivity contribution >= 4 is 21.8 Å². The van der Waals surface area contributed by atoms with E-state index in [1.165, 1.54) is 33.1 Å². The van der Waals surface area contributed by atoms with Crippen LogP contribution in [0, 0.1) is 18.5 Å². The molecule has 1 aliphatic rings. The third kappa shape index (κ3) is 5.19. The van der Waals surface area contributed by atoms with Gasteiger partial charge in [0.1, 0.15) is 0 Å². The van der Waals surface area contributed by atoms with Crippen LogP contribution in [-0.4, -0.2) is 9.55 Å². The number of aromatic nitrogens is 3. The Morgan fingerprint density at radius 2 is 1.57 bits per heavy atom. The third-order valence-corrected chi connectivity index (χ3v) is 8.49. The van der Waals surface area contributed by atoms with Crippen molar-refractivity contribution in [3.63, 3.8) is 0 Å². The molecule has 0 atom stereocenters. The molecular formula is C40H33IrN3+. The maximum atomic E-state index is 4.22. The summed E-state index contributed by atoms with van der Waals surface area (Å²) in [5, 5.41) is 2.37. The zero-order valence-electron chi connectivity index (χ0n) is 25.3. The predicted octanol–water partition coefficient (Wildman–Crippen LogP) is 8.97. The van der Waals surface area contributed by atoms with Crippen molar-refractivity contribution in [3.05, 3.63) is 157 Å². The van der Waals surface area contributed by atoms with E-state index in [1.54, 1.807) is 6.20 Å². The first-order valence-corrected chi connectivity index (χ1v) is 14.9. The van der Waals surface area contributed by atoms with E-state index in [4.69, 9.17) is 0 Å². The molecule has 1 aliphatic heterocycles. The van der Waals surface area contributed by atoms with E-state index in [0.29, 0.717) is 5.92 Å². The first kappa shape index (κ1) is 29.7. The third-order valence-electron chi connectivity index (χ3n) is 8.49. The smallest absolute Gasteiger partial charge is 0.308 e. The Hall–Kier alpha value is -4.37. The molecule has 216 valence electrons. The topological polar surface area (TPSA) is 21.7 Å². The van der Waals surface area contributed by atoms with Gasteiger partial charge in [-0.15, -0.1) is 76.5 Å². The van der Waals surface area contributed by atoms with E-state index in [1.807, 2.05) is 42.5 Å². The summed E-state index contributed by atoms with van der Waals surface area (Å²) in [6.07, 6.45) is 5.45. The van der Waals surface area contributed by atoms with Crippen molar-refractivity contribution < 1.29 is 24.7 Å². The van der Waals surface area contributed by atoms with Gasteiger partial charge in [-0.2, -0.15) is 0 Å². The molecule has 44 heavy (non-hydrogen) atoms. The molecule has 7 aromatic rings. The molecule has 0 saturated heterocycles. The van der Waals surface area contributed by atoms with Crippen LogP contribution in [0.5, 0.6) is 0 Å². The first-order valence-electron chi connectivity index (χ1n) is 14.9. The summed E-state index contributed by atoms with van der Waals surface area (Å²) in [6.45, 7) is 9.10. The van der Waals surface area contributed by atoms with Crippen LogP contribution in [0.15, 0.2) is 121 Å². The predicted molar refractivity (Wildman–Crippen MR) is 175 cm³/mol. The second-order valence-electron chi connectivity index (χ2n) is 11.9. The quantitative estimate of drug-likeness (QED) is 0.131. The molecule has 2 aromatic heterocycles. The van der Waals surface area contributed by atoms with Crippen molar-refractivity contribution in [3.8, 4) is 22.6 Å². The second-order valence-corrected chi connectivity index (χ2v) is 11.9. The Morgan fingerprint density at radius 3 is 2.30 bits per heavy atom. The number of hydrogen-bond acceptors (Lipinski definition) is 1. The fourth-order valence-electron chi connectivity index (χ4n) is 6.05. The standard InChI is InChI=1S/C29H25N2.C11H8N.Ir/c1-19(2)20-12-14-23(15-13-20)30-18-31-27-17-22-9-6-5-8-21(22)16-25(27)29(3,4)24-10-7-11-26(30)28(24)31;1-2-6-10(7-3-1)11-8-4-5-9-12-11;/h5-16,19H,1-4H3;1-6,8-9H;/q2*-1;+3. The summed E-state index contributed by atoms with van der Waals surface area (Å²) >= 11 is 0. The van der Waals surface area contributed by atoms with Crippen molar-refractivity contribution in [1.82, 2.24) is 9.55 Å². The van der Waals surface area contributed by atoms with Gasteiger partial charge in [0.2, 0.25) is 0 Å². The number of imidazole rings is 1. The minimum Gasteiger partial charge on any atom is -0.308 e. The van der Waals surface area contributed by atoms with E-state index in [0.717, 1.165) is 28.0 Å². The Balaban J connectivity index is 0.000000222. The van der Waals surface area contributed by atoms with E-state index < -0.39 is 0 Å². The zero-order valence-corrected chi connectivity index (χ0v) is 27.7. The van der Waals surface area contributed by atoms with Gasteiger partial charge in [-0.3, -0.25) is 4.57 Å². The molecule has 0 aliphatic carbocycles. The van der Waals surface area contributed by atoms with Crippen LogP contribution in [0.1, 0.15) is 50.3 Å². The monoisotopic (exact) mass is 748 g/mol. The van der Waals surface area contributed by atoms with Gasteiger partial charge >= 0.3 is 20.1 Å². The van der Waals surface area contributed by atoms with E-state index in [9.17, 15) is 0 Å². The molecule has 0 N–H and O–H groups in total. The van der Waals surface area contributed by atoms with Crippen LogP contribution in [0.2, 0.25) is 0 Å². The van der Waals surface area contributed by atoms with Gasteiger partial charge in [-0.1, -0.05) is 82.3 Å². The van der Waals surface area contributed by atoms with Gasteiger partial charge in [0.05, 0.1) is 16.7 Å². The van der Waals surface area contributed by atoms with Crippen LogP contribution in [0.4, 0.5) is 0 Å². The van der Waals surface area contributed by atoms with Crippen LogP contribution in [-0.2, 0) is 25.5 Å². The van der Waals surface area contributed by atoms with Gasteiger partial charge < -0.3 is 9.55 Å². The molecule has 0 radical (unpaired) electrons. The second kappa shape index (κ2) is 12.0. The Bertz CT molecular complexity index is 2020. The number of benzene rings is 5. The maximum Gasteiger partial charge on any atom is 3.00 e. The maximum absolute atomic E-state index is 4.22. The molecule has 0 bridgehead atoms. The number of hydrogen-bond donors (Lipinski definition) is 0. The van der Waals surface area contributed by atoms with Crippen molar-refractivity contribution in [2.45, 2.75) is 39.0 Å². The van der Waals surface area contributed by atoms with Crippen LogP contribution in [0.25, 0.3) is 44.4 Å². The van der Waals surface area contributed by atoms with Crippen LogP contribution in [0.3, 0.4) is 0 Å². The molecule has 5 aromatic carbocycles. The molecule has 4 heteroatoms. The molecule has 8 rings (SSSR count). The summed E-state index contributed by atoms with van der Waals surface area (Å²) in [5.41, 5.74) is 10.5. The largest absolute Gasteiger partial charge is 3.00 e. The van der Waals surface area contributed by atoms with Gasteiger partial charge in [-0.05, 0) is 52.0 Å². The van der Waals surface area contributed by atoms with E-state index in [-0.39, 0.29) is 25.5 Å². The van der Waals surface area contributed by atoms with Gasteiger partial charge in [0.15, 0.2) is 0 Å². The SMILES string of the molecule is CC(C)c1ccc(-n2[c-][n+]3c4c(cccc42)C(C)(C)c2cc4ccccc4[c-]c2-3)cc1.[Ir+3].[c-]1ccccc1-c1ccccn1. The average Bonchev–Trinajstić information content (AvgIpc) is 3.45. The Kier molecular flexibility index (Phi) is 8.07. The summed E-state index contributed by atoms with van der Waals surface area (Å²) < 4.78 is 4.41. The number of fused-ring (bicyclic) bond motifs is 3. The number of pyridine rings is 1. The Labute approximate surface area is 273 Å². The zero-order chi connectivity index (χ0) is 29.6. The molecule has 0 saturated carbocycles. The molecule has 3 nitrogen and oxygen atoms in total. The minimum absolute atomic E-state index is 0. The fourth-order valence-corrected chi connectivity index (χ4v) is 6.05. The van der Waals surface area contributed by atoms with E-state index >= 15 is 0 Å². The fraction of sp³-hybridized carbons (Fsp3) is 0.150. The van der Waals surface area contributed by atoms with Gasteiger partial charge in [0.25, 0.3) is 6.33 Å². The summed E-state index contributed by atoms with van der Waals surface area (Å²) in [7, 11) is 0. The van der Waals surface area contributed by atoms with Crippen molar-refractivity contribution in [2.24, 2.45) is 0 Å². The molecule has 0 amide bonds. The van der Waals surface area contributed by atoms with E-state index in [2.05, 4.69) is 133 Å². The molecule has 0 fully saturated rings. The first-order chi connectivity index (χ1) is 20.9. The van der Waals surface area contributed by atoms with Crippen LogP contribution >= 0.6 is 0 Å². The summed E-state index contributed by atoms with van der Waals surface area (Å²) in [6, 6.07) is 46.9. The number of nitrogens with zero attached hydrogens (tertiary/aromatic N) is 3. The molecule has 0 unspecified atom stereocenters.